The fourth-order valence-corrected chi connectivity index (χ4v) is 1.61. The SMILES string of the molecule is CCC(C)OCC(N)c1ccc(C(C)C)cc1. The minimum atomic E-state index is -0.0230. The highest BCUT2D eigenvalue weighted by Gasteiger charge is 2.08. The van der Waals surface area contributed by atoms with Gasteiger partial charge in [0.15, 0.2) is 0 Å². The standard InChI is InChI=1S/C15H25NO/c1-5-12(4)17-10-15(16)14-8-6-13(7-9-14)11(2)3/h6-9,11-12,15H,5,10,16H2,1-4H3. The van der Waals surface area contributed by atoms with Gasteiger partial charge in [-0.2, -0.15) is 0 Å². The van der Waals surface area contributed by atoms with Gasteiger partial charge in [-0.1, -0.05) is 45.0 Å². The predicted molar refractivity (Wildman–Crippen MR) is 73.2 cm³/mol. The maximum atomic E-state index is 6.10. The van der Waals surface area contributed by atoms with Gasteiger partial charge in [-0.25, -0.2) is 0 Å². The maximum Gasteiger partial charge on any atom is 0.0662 e. The summed E-state index contributed by atoms with van der Waals surface area (Å²) in [7, 11) is 0. The molecular weight excluding hydrogens is 210 g/mol. The molecule has 2 atom stereocenters. The number of ether oxygens (including phenoxy) is 1. The molecule has 0 saturated carbocycles. The molecule has 0 fully saturated rings. The van der Waals surface area contributed by atoms with Gasteiger partial charge < -0.3 is 10.5 Å². The molecule has 2 N–H and O–H groups in total. The van der Waals surface area contributed by atoms with Gasteiger partial charge in [0.2, 0.25) is 0 Å². The first-order valence-corrected chi connectivity index (χ1v) is 6.51. The van der Waals surface area contributed by atoms with Crippen molar-refractivity contribution in [3.63, 3.8) is 0 Å². The van der Waals surface area contributed by atoms with E-state index in [1.165, 1.54) is 5.56 Å². The average molecular weight is 235 g/mol. The zero-order valence-corrected chi connectivity index (χ0v) is 11.4. The van der Waals surface area contributed by atoms with Crippen LogP contribution in [0.15, 0.2) is 24.3 Å². The lowest BCUT2D eigenvalue weighted by Gasteiger charge is -2.17. The zero-order chi connectivity index (χ0) is 12.8. The van der Waals surface area contributed by atoms with Crippen LogP contribution in [-0.4, -0.2) is 12.7 Å². The molecule has 1 rings (SSSR count). The lowest BCUT2D eigenvalue weighted by Crippen LogP contribution is -2.20. The molecule has 0 bridgehead atoms. The molecule has 2 unspecified atom stereocenters. The van der Waals surface area contributed by atoms with Crippen LogP contribution in [-0.2, 0) is 4.74 Å². The van der Waals surface area contributed by atoms with Crippen LogP contribution in [0.2, 0.25) is 0 Å². The van der Waals surface area contributed by atoms with E-state index in [2.05, 4.69) is 52.0 Å². The van der Waals surface area contributed by atoms with Crippen LogP contribution in [0.4, 0.5) is 0 Å². The van der Waals surface area contributed by atoms with Crippen LogP contribution in [0.3, 0.4) is 0 Å². The third-order valence-electron chi connectivity index (χ3n) is 3.17. The molecule has 17 heavy (non-hydrogen) atoms. The van der Waals surface area contributed by atoms with Gasteiger partial charge in [0.25, 0.3) is 0 Å². The van der Waals surface area contributed by atoms with E-state index in [-0.39, 0.29) is 12.1 Å². The summed E-state index contributed by atoms with van der Waals surface area (Å²) in [6.07, 6.45) is 1.31. The predicted octanol–water partition coefficient (Wildman–Crippen LogP) is 3.62. The Morgan fingerprint density at radius 1 is 1.06 bits per heavy atom. The first-order chi connectivity index (χ1) is 8.04. The normalized spacial score (nSPS) is 14.9. The number of benzene rings is 1. The van der Waals surface area contributed by atoms with E-state index in [1.807, 2.05) is 0 Å². The average Bonchev–Trinajstić information content (AvgIpc) is 2.35. The molecule has 2 heteroatoms. The second-order valence-corrected chi connectivity index (χ2v) is 4.98. The Balaban J connectivity index is 2.54. The molecule has 0 saturated heterocycles. The van der Waals surface area contributed by atoms with E-state index in [1.54, 1.807) is 0 Å². The van der Waals surface area contributed by atoms with E-state index in [0.717, 1.165) is 12.0 Å². The van der Waals surface area contributed by atoms with Crippen molar-refractivity contribution >= 4 is 0 Å². The van der Waals surface area contributed by atoms with Crippen LogP contribution in [0.25, 0.3) is 0 Å². The van der Waals surface area contributed by atoms with Gasteiger partial charge in [0.05, 0.1) is 18.8 Å². The highest BCUT2D eigenvalue weighted by molar-refractivity contribution is 5.26. The highest BCUT2D eigenvalue weighted by Crippen LogP contribution is 2.18. The van der Waals surface area contributed by atoms with Crippen molar-refractivity contribution < 1.29 is 4.74 Å². The Hall–Kier alpha value is -0.860. The first-order valence-electron chi connectivity index (χ1n) is 6.51. The second kappa shape index (κ2) is 6.77. The van der Waals surface area contributed by atoms with Crippen molar-refractivity contribution in [2.75, 3.05) is 6.61 Å². The van der Waals surface area contributed by atoms with E-state index >= 15 is 0 Å². The van der Waals surface area contributed by atoms with Crippen molar-refractivity contribution in [3.05, 3.63) is 35.4 Å². The van der Waals surface area contributed by atoms with Gasteiger partial charge in [0.1, 0.15) is 0 Å². The Labute approximate surface area is 105 Å². The number of nitrogens with two attached hydrogens (primary N) is 1. The van der Waals surface area contributed by atoms with Gasteiger partial charge in [-0.15, -0.1) is 0 Å². The largest absolute Gasteiger partial charge is 0.377 e. The van der Waals surface area contributed by atoms with Crippen LogP contribution < -0.4 is 5.73 Å². The van der Waals surface area contributed by atoms with Gasteiger partial charge in [-0.05, 0) is 30.4 Å². The van der Waals surface area contributed by atoms with Gasteiger partial charge >= 0.3 is 0 Å². The minimum Gasteiger partial charge on any atom is -0.377 e. The summed E-state index contributed by atoms with van der Waals surface area (Å²) in [6.45, 7) is 9.18. The van der Waals surface area contributed by atoms with Crippen molar-refractivity contribution in [1.82, 2.24) is 0 Å². The van der Waals surface area contributed by atoms with E-state index in [0.29, 0.717) is 12.5 Å². The van der Waals surface area contributed by atoms with E-state index in [4.69, 9.17) is 10.5 Å². The minimum absolute atomic E-state index is 0.0230. The van der Waals surface area contributed by atoms with E-state index in [9.17, 15) is 0 Å². The zero-order valence-electron chi connectivity index (χ0n) is 11.4. The highest BCUT2D eigenvalue weighted by atomic mass is 16.5. The Bertz CT molecular complexity index is 318. The van der Waals surface area contributed by atoms with Crippen LogP contribution in [0.1, 0.15) is 57.2 Å². The fourth-order valence-electron chi connectivity index (χ4n) is 1.61. The quantitative estimate of drug-likeness (QED) is 0.817. The van der Waals surface area contributed by atoms with Crippen molar-refractivity contribution in [1.29, 1.82) is 0 Å². The first kappa shape index (κ1) is 14.2. The van der Waals surface area contributed by atoms with Crippen molar-refractivity contribution in [2.45, 2.75) is 52.2 Å². The Morgan fingerprint density at radius 3 is 2.06 bits per heavy atom. The molecule has 0 heterocycles. The van der Waals surface area contributed by atoms with Crippen LogP contribution in [0.5, 0.6) is 0 Å². The maximum absolute atomic E-state index is 6.10. The summed E-state index contributed by atoms with van der Waals surface area (Å²) in [5, 5.41) is 0. The molecule has 0 aliphatic carbocycles. The molecule has 1 aromatic carbocycles. The Morgan fingerprint density at radius 2 is 1.59 bits per heavy atom. The smallest absolute Gasteiger partial charge is 0.0662 e. The van der Waals surface area contributed by atoms with Crippen LogP contribution >= 0.6 is 0 Å². The topological polar surface area (TPSA) is 35.2 Å². The number of rotatable bonds is 6. The summed E-state index contributed by atoms with van der Waals surface area (Å²) >= 11 is 0. The third kappa shape index (κ3) is 4.49. The van der Waals surface area contributed by atoms with Crippen molar-refractivity contribution in [2.24, 2.45) is 5.73 Å². The monoisotopic (exact) mass is 235 g/mol. The summed E-state index contributed by atoms with van der Waals surface area (Å²) in [6, 6.07) is 8.51. The summed E-state index contributed by atoms with van der Waals surface area (Å²) in [5.41, 5.74) is 8.60. The lowest BCUT2D eigenvalue weighted by molar-refractivity contribution is 0.0539. The van der Waals surface area contributed by atoms with Crippen molar-refractivity contribution in [3.8, 4) is 0 Å². The summed E-state index contributed by atoms with van der Waals surface area (Å²) in [5.74, 6) is 0.566. The number of hydrogen-bond donors (Lipinski definition) is 1. The molecule has 0 amide bonds. The molecule has 96 valence electrons. The summed E-state index contributed by atoms with van der Waals surface area (Å²) in [4.78, 5) is 0. The lowest BCUT2D eigenvalue weighted by atomic mass is 9.99. The summed E-state index contributed by atoms with van der Waals surface area (Å²) < 4.78 is 5.66. The molecule has 2 nitrogen and oxygen atoms in total. The molecule has 0 aliphatic rings. The second-order valence-electron chi connectivity index (χ2n) is 4.98. The molecule has 0 spiro atoms. The van der Waals surface area contributed by atoms with Crippen LogP contribution in [0, 0.1) is 0 Å². The molecule has 0 aromatic heterocycles. The van der Waals surface area contributed by atoms with Gasteiger partial charge in [0, 0.05) is 0 Å². The third-order valence-corrected chi connectivity index (χ3v) is 3.17. The molecule has 1 aromatic rings. The molecular formula is C15H25NO. The van der Waals surface area contributed by atoms with E-state index < -0.39 is 0 Å². The molecule has 0 radical (unpaired) electrons. The van der Waals surface area contributed by atoms with Gasteiger partial charge in [-0.3, -0.25) is 0 Å². The molecule has 0 aliphatic heterocycles. The fraction of sp³-hybridized carbons (Fsp3) is 0.600. The number of hydrogen-bond acceptors (Lipinski definition) is 2. The Kier molecular flexibility index (Phi) is 5.66.